The van der Waals surface area contributed by atoms with Crippen LogP contribution in [0.3, 0.4) is 0 Å². The zero-order valence-electron chi connectivity index (χ0n) is 38.7. The summed E-state index contributed by atoms with van der Waals surface area (Å²) < 4.78 is 69.2. The molecule has 3 fully saturated rings. The molecule has 4 aliphatic rings. The number of hydrogen-bond donors (Lipinski definition) is 0. The lowest BCUT2D eigenvalue weighted by Crippen LogP contribution is -2.64. The molecule has 0 N–H and O–H groups in total. The molecular weight excluding hydrogens is 897 g/mol. The summed E-state index contributed by atoms with van der Waals surface area (Å²) in [5.74, 6) is -4.58. The predicted molar refractivity (Wildman–Crippen MR) is 233 cm³/mol. The van der Waals surface area contributed by atoms with E-state index < -0.39 is 91.1 Å². The van der Waals surface area contributed by atoms with E-state index in [9.17, 15) is 33.6 Å². The number of nitrogens with zero attached hydrogens (tertiary/aromatic N) is 2. The lowest BCUT2D eigenvalue weighted by atomic mass is 9.97. The Morgan fingerprint density at radius 3 is 2.21 bits per heavy atom. The minimum absolute atomic E-state index is 0.00164. The molecule has 4 heterocycles. The van der Waals surface area contributed by atoms with Crippen molar-refractivity contribution in [2.45, 2.75) is 128 Å². The van der Waals surface area contributed by atoms with Gasteiger partial charge < -0.3 is 61.7 Å². The van der Waals surface area contributed by atoms with Crippen molar-refractivity contribution in [1.29, 1.82) is 0 Å². The van der Waals surface area contributed by atoms with E-state index in [1.54, 1.807) is 36.3 Å². The molecule has 21 heteroatoms. The van der Waals surface area contributed by atoms with Crippen LogP contribution >= 0.6 is 0 Å². The van der Waals surface area contributed by atoms with Crippen molar-refractivity contribution in [2.24, 2.45) is 0 Å². The van der Waals surface area contributed by atoms with Gasteiger partial charge in [0, 0.05) is 46.4 Å². The van der Waals surface area contributed by atoms with Crippen LogP contribution < -0.4 is 19.1 Å². The molecule has 2 aromatic carbocycles. The molecule has 4 aliphatic heterocycles. The number of methoxy groups -OCH3 is 2. The van der Waals surface area contributed by atoms with E-state index in [-0.39, 0.29) is 55.4 Å². The highest BCUT2D eigenvalue weighted by atomic mass is 16.7. The van der Waals surface area contributed by atoms with Gasteiger partial charge in [-0.1, -0.05) is 24.8 Å². The zero-order chi connectivity index (χ0) is 48.9. The zero-order valence-corrected chi connectivity index (χ0v) is 38.7. The fraction of sp³-hybridized carbons (Fsp3) is 0.553. The Kier molecular flexibility index (Phi) is 18.0. The lowest BCUT2D eigenvalue weighted by Gasteiger charge is -2.43. The van der Waals surface area contributed by atoms with E-state index in [0.29, 0.717) is 44.6 Å². The molecule has 68 heavy (non-hydrogen) atoms. The number of rotatable bonds is 18. The number of ether oxygens (including phenoxy) is 12. The smallest absolute Gasteiger partial charge is 0.416 e. The number of anilines is 1. The van der Waals surface area contributed by atoms with Crippen LogP contribution in [-0.2, 0) is 73.2 Å². The summed E-state index contributed by atoms with van der Waals surface area (Å²) in [4.78, 5) is 95.9. The van der Waals surface area contributed by atoms with E-state index in [2.05, 4.69) is 6.58 Å². The summed E-state index contributed by atoms with van der Waals surface area (Å²) in [6.07, 6.45) is -6.11. The Morgan fingerprint density at radius 1 is 0.838 bits per heavy atom. The average Bonchev–Trinajstić information content (AvgIpc) is 3.42. The Balaban J connectivity index is 1.42. The monoisotopic (exact) mass is 954 g/mol. The Labute approximate surface area is 393 Å². The Bertz CT molecular complexity index is 2140. The number of benzene rings is 2. The highest BCUT2D eigenvalue weighted by Crippen LogP contribution is 2.44. The first kappa shape index (κ1) is 51.0. The molecule has 6 rings (SSSR count). The van der Waals surface area contributed by atoms with Crippen molar-refractivity contribution < 1.29 is 90.4 Å². The molecule has 0 aromatic heterocycles. The molecule has 8 atom stereocenters. The quantitative estimate of drug-likeness (QED) is 0.0854. The Morgan fingerprint density at radius 2 is 1.54 bits per heavy atom. The summed E-state index contributed by atoms with van der Waals surface area (Å²) in [6, 6.07) is 9.00. The van der Waals surface area contributed by atoms with Gasteiger partial charge in [-0.05, 0) is 68.7 Å². The van der Waals surface area contributed by atoms with Crippen LogP contribution in [0, 0.1) is 0 Å². The van der Waals surface area contributed by atoms with Crippen molar-refractivity contribution in [1.82, 2.24) is 4.90 Å². The van der Waals surface area contributed by atoms with Gasteiger partial charge in [-0.3, -0.25) is 24.0 Å². The Hall–Kier alpha value is -6.45. The maximum absolute atomic E-state index is 14.9. The van der Waals surface area contributed by atoms with E-state index in [1.165, 1.54) is 23.1 Å². The van der Waals surface area contributed by atoms with Crippen molar-refractivity contribution in [2.75, 3.05) is 45.5 Å². The second-order valence-corrected chi connectivity index (χ2v) is 16.2. The fourth-order valence-corrected chi connectivity index (χ4v) is 8.28. The van der Waals surface area contributed by atoms with Gasteiger partial charge in [0.15, 0.2) is 42.3 Å². The van der Waals surface area contributed by atoms with Crippen molar-refractivity contribution in [3.63, 3.8) is 0 Å². The highest BCUT2D eigenvalue weighted by Gasteiger charge is 2.56. The number of carbonyl (C=O) groups excluding carboxylic acids is 7. The third-order valence-corrected chi connectivity index (χ3v) is 11.3. The maximum Gasteiger partial charge on any atom is 0.416 e. The lowest BCUT2D eigenvalue weighted by molar-refractivity contribution is -0.282. The van der Waals surface area contributed by atoms with Gasteiger partial charge in [-0.25, -0.2) is 14.5 Å². The largest absolute Gasteiger partial charge is 0.497 e. The van der Waals surface area contributed by atoms with Crippen LogP contribution in [0.5, 0.6) is 17.2 Å². The van der Waals surface area contributed by atoms with Crippen LogP contribution in [0.1, 0.15) is 88.1 Å². The number of amides is 2. The standard InChI is InChI=1S/C47H58N2O19/c1-7-21-61-47(56)49-34-25-35(59-23-12-14-37(53)62-26-30-16-18-31(57-5)19-17-30)36(24-32(34)43(54)48-20-10-8-13-33(48)44(49)67-38-15-9-11-22-60-38)66-46-42(65-29(4)52)40(64-28(3)51)39(63-27(2)50)41(68-46)45(55)58-6/h7,16-19,24-25,33,38-42,44,46H,1,8-15,20-23,26H2,2-6H3/t33-,38?,39-,40-,41-,42+,44?,46+/m0/s1. The normalized spacial score (nSPS) is 24.4. The predicted octanol–water partition coefficient (Wildman–Crippen LogP) is 4.68. The second kappa shape index (κ2) is 24.0. The summed E-state index contributed by atoms with van der Waals surface area (Å²) in [6.45, 7) is 7.21. The van der Waals surface area contributed by atoms with Gasteiger partial charge in [-0.2, -0.15) is 0 Å². The minimum atomic E-state index is -1.86. The van der Waals surface area contributed by atoms with Crippen LogP contribution in [0.15, 0.2) is 49.1 Å². The molecule has 2 unspecified atom stereocenters. The number of esters is 5. The molecule has 0 aliphatic carbocycles. The SMILES string of the molecule is C=CCOC(=O)N1c2cc(OCCCC(=O)OCc3ccc(OC)cc3)c(O[C@@H]3O[C@H](C(=O)OC)[C@@H](OC(C)=O)[C@H](OC(C)=O)[C@H]3OC(C)=O)cc2C(=O)N2CCCC[C@H]2C1OC1CCCCO1. The molecular formula is C47H58N2O19. The van der Waals surface area contributed by atoms with E-state index >= 15 is 0 Å². The molecule has 21 nitrogen and oxygen atoms in total. The molecule has 0 bridgehead atoms. The second-order valence-electron chi connectivity index (χ2n) is 16.2. The first-order chi connectivity index (χ1) is 32.7. The fourth-order valence-electron chi connectivity index (χ4n) is 8.28. The van der Waals surface area contributed by atoms with Crippen LogP contribution in [0.25, 0.3) is 0 Å². The molecule has 0 spiro atoms. The van der Waals surface area contributed by atoms with Crippen LogP contribution in [0.2, 0.25) is 0 Å². The summed E-state index contributed by atoms with van der Waals surface area (Å²) in [7, 11) is 2.59. The third kappa shape index (κ3) is 12.7. The number of carbonyl (C=O) groups is 7. The molecule has 0 radical (unpaired) electrons. The van der Waals surface area contributed by atoms with Crippen molar-refractivity contribution in [3.05, 3.63) is 60.2 Å². The topological polar surface area (TPSA) is 237 Å². The minimum Gasteiger partial charge on any atom is -0.497 e. The van der Waals surface area contributed by atoms with E-state index in [0.717, 1.165) is 46.3 Å². The van der Waals surface area contributed by atoms with Gasteiger partial charge in [0.1, 0.15) is 19.0 Å². The maximum atomic E-state index is 14.9. The van der Waals surface area contributed by atoms with Crippen molar-refractivity contribution >= 4 is 47.5 Å². The van der Waals surface area contributed by atoms with E-state index in [4.69, 9.17) is 56.8 Å². The first-order valence-electron chi connectivity index (χ1n) is 22.4. The van der Waals surface area contributed by atoms with Crippen molar-refractivity contribution in [3.8, 4) is 17.2 Å². The molecule has 2 amide bonds. The number of piperidine rings is 1. The average molecular weight is 955 g/mol. The summed E-state index contributed by atoms with van der Waals surface area (Å²) in [5, 5.41) is 0. The summed E-state index contributed by atoms with van der Waals surface area (Å²) in [5.41, 5.74) is 0.663. The molecule has 2 aromatic rings. The van der Waals surface area contributed by atoms with E-state index in [1.807, 2.05) is 0 Å². The number of hydrogen-bond acceptors (Lipinski definition) is 19. The molecule has 3 saturated heterocycles. The van der Waals surface area contributed by atoms with Gasteiger partial charge >= 0.3 is 35.9 Å². The van der Waals surface area contributed by atoms with Gasteiger partial charge in [0.2, 0.25) is 12.4 Å². The first-order valence-corrected chi connectivity index (χ1v) is 22.4. The van der Waals surface area contributed by atoms with Gasteiger partial charge in [-0.15, -0.1) is 0 Å². The summed E-state index contributed by atoms with van der Waals surface area (Å²) >= 11 is 0. The van der Waals surface area contributed by atoms with Gasteiger partial charge in [0.05, 0.1) is 38.1 Å². The van der Waals surface area contributed by atoms with Gasteiger partial charge in [0.25, 0.3) is 5.91 Å². The number of fused-ring (bicyclic) bond motifs is 2. The highest BCUT2D eigenvalue weighted by molar-refractivity contribution is 6.06. The van der Waals surface area contributed by atoms with Crippen LogP contribution in [-0.4, -0.2) is 137 Å². The third-order valence-electron chi connectivity index (χ3n) is 11.3. The molecule has 0 saturated carbocycles. The molecule has 370 valence electrons. The van der Waals surface area contributed by atoms with Crippen LogP contribution in [0.4, 0.5) is 10.5 Å².